The van der Waals surface area contributed by atoms with Crippen molar-refractivity contribution in [1.29, 1.82) is 0 Å². The lowest BCUT2D eigenvalue weighted by atomic mass is 10.0. The molecule has 3 aromatic carbocycles. The second-order valence-electron chi connectivity index (χ2n) is 9.26. The van der Waals surface area contributed by atoms with E-state index in [9.17, 15) is 41.0 Å². The average molecular weight is 581 g/mol. The summed E-state index contributed by atoms with van der Waals surface area (Å²) in [7, 11) is -3.60. The highest BCUT2D eigenvalue weighted by molar-refractivity contribution is 7.89. The van der Waals surface area contributed by atoms with Gasteiger partial charge in [0.2, 0.25) is 10.0 Å². The number of sulfonamides is 1. The summed E-state index contributed by atoms with van der Waals surface area (Å²) in [6.45, 7) is -0.772. The second kappa shape index (κ2) is 10.5. The van der Waals surface area contributed by atoms with Crippen LogP contribution in [0.1, 0.15) is 15.9 Å². The molecule has 0 bridgehead atoms. The third-order valence-electron chi connectivity index (χ3n) is 6.28. The molecule has 0 amide bonds. The molecular formula is C26H24F4N4O5S. The van der Waals surface area contributed by atoms with Crippen LogP contribution >= 0.6 is 0 Å². The Kier molecular flexibility index (Phi) is 7.62. The van der Waals surface area contributed by atoms with Crippen molar-refractivity contribution in [2.75, 3.05) is 25.5 Å². The molecule has 0 aliphatic rings. The molecule has 0 spiro atoms. The van der Waals surface area contributed by atoms with Crippen LogP contribution in [0, 0.1) is 12.7 Å². The molecule has 0 radical (unpaired) electrons. The van der Waals surface area contributed by atoms with E-state index in [2.05, 4.69) is 10.4 Å². The highest BCUT2D eigenvalue weighted by Crippen LogP contribution is 2.34. The Bertz CT molecular complexity index is 1670. The van der Waals surface area contributed by atoms with Crippen molar-refractivity contribution in [1.82, 2.24) is 14.1 Å². The lowest BCUT2D eigenvalue weighted by Gasteiger charge is -2.34. The van der Waals surface area contributed by atoms with E-state index in [0.29, 0.717) is 26.5 Å². The standard InChI is InChI=1S/C26H24F4N4O5S/c1-16-10-22(21-13-32-34(23(21)11-16)19-5-3-4-17(12-19)24(35)36)31-14-25(37,26(28,29)30)15-33(2)40(38,39)20-8-6-18(27)7-9-20/h3-13,31,37H,14-15H2,1-2H3,(H,35,36). The van der Waals surface area contributed by atoms with E-state index in [1.165, 1.54) is 35.1 Å². The van der Waals surface area contributed by atoms with Gasteiger partial charge in [-0.15, -0.1) is 0 Å². The van der Waals surface area contributed by atoms with Crippen LogP contribution in [0.5, 0.6) is 0 Å². The van der Waals surface area contributed by atoms with Gasteiger partial charge in [-0.25, -0.2) is 22.3 Å². The van der Waals surface area contributed by atoms with Crippen LogP contribution in [0.2, 0.25) is 0 Å². The summed E-state index contributed by atoms with van der Waals surface area (Å²) in [4.78, 5) is 10.9. The fraction of sp³-hybridized carbons (Fsp3) is 0.231. The number of halogens is 4. The molecule has 3 N–H and O–H groups in total. The van der Waals surface area contributed by atoms with Crippen LogP contribution < -0.4 is 5.32 Å². The Labute approximate surface area is 226 Å². The summed E-state index contributed by atoms with van der Waals surface area (Å²) in [5, 5.41) is 27.2. The number of rotatable bonds is 9. The molecule has 1 heterocycles. The lowest BCUT2D eigenvalue weighted by molar-refractivity contribution is -0.255. The molecule has 0 saturated heterocycles. The number of aromatic nitrogens is 2. The van der Waals surface area contributed by atoms with Crippen molar-refractivity contribution in [2.24, 2.45) is 0 Å². The maximum absolute atomic E-state index is 14.1. The monoisotopic (exact) mass is 580 g/mol. The summed E-state index contributed by atoms with van der Waals surface area (Å²) in [6, 6.07) is 12.7. The number of nitrogens with zero attached hydrogens (tertiary/aromatic N) is 3. The van der Waals surface area contributed by atoms with Crippen molar-refractivity contribution in [2.45, 2.75) is 23.6 Å². The van der Waals surface area contributed by atoms with Crippen LogP contribution in [0.4, 0.5) is 23.2 Å². The number of carboxylic acids is 1. The molecule has 4 aromatic rings. The van der Waals surface area contributed by atoms with Gasteiger partial charge in [0.15, 0.2) is 5.60 Å². The number of carbonyl (C=O) groups is 1. The van der Waals surface area contributed by atoms with E-state index in [-0.39, 0.29) is 11.3 Å². The average Bonchev–Trinajstić information content (AvgIpc) is 3.30. The lowest BCUT2D eigenvalue weighted by Crippen LogP contribution is -2.57. The van der Waals surface area contributed by atoms with Gasteiger partial charge < -0.3 is 15.5 Å². The van der Waals surface area contributed by atoms with Gasteiger partial charge in [-0.05, 0) is 67.1 Å². The molecule has 1 atom stereocenters. The summed E-state index contributed by atoms with van der Waals surface area (Å²) in [6.07, 6.45) is -3.86. The zero-order valence-corrected chi connectivity index (χ0v) is 22.0. The van der Waals surface area contributed by atoms with Crippen LogP contribution in [-0.2, 0) is 10.0 Å². The number of alkyl halides is 3. The molecular weight excluding hydrogens is 556 g/mol. The minimum absolute atomic E-state index is 0.0158. The van der Waals surface area contributed by atoms with E-state index in [4.69, 9.17) is 0 Å². The zero-order valence-electron chi connectivity index (χ0n) is 21.1. The second-order valence-corrected chi connectivity index (χ2v) is 11.3. The molecule has 40 heavy (non-hydrogen) atoms. The summed E-state index contributed by atoms with van der Waals surface area (Å²) in [5.41, 5.74) is -1.83. The molecule has 0 fully saturated rings. The molecule has 14 heteroatoms. The molecule has 0 aliphatic carbocycles. The number of anilines is 1. The van der Waals surface area contributed by atoms with Crippen LogP contribution in [-0.4, -0.2) is 70.6 Å². The molecule has 4 rings (SSSR count). The first kappa shape index (κ1) is 29.0. The van der Waals surface area contributed by atoms with Crippen molar-refractivity contribution in [3.8, 4) is 5.69 Å². The number of carboxylic acid groups (broad SMARTS) is 1. The number of fused-ring (bicyclic) bond motifs is 1. The highest BCUT2D eigenvalue weighted by Gasteiger charge is 2.55. The molecule has 1 aromatic heterocycles. The third kappa shape index (κ3) is 5.64. The Morgan fingerprint density at radius 1 is 1.10 bits per heavy atom. The Morgan fingerprint density at radius 3 is 2.40 bits per heavy atom. The number of benzene rings is 3. The minimum Gasteiger partial charge on any atom is -0.478 e. The quantitative estimate of drug-likeness (QED) is 0.254. The Morgan fingerprint density at radius 2 is 1.77 bits per heavy atom. The number of hydrogen-bond donors (Lipinski definition) is 3. The topological polar surface area (TPSA) is 125 Å². The number of hydrogen-bond acceptors (Lipinski definition) is 6. The van der Waals surface area contributed by atoms with E-state index < -0.39 is 51.6 Å². The SMILES string of the molecule is Cc1cc(NCC(O)(CN(C)S(=O)(=O)c2ccc(F)cc2)C(F)(F)F)c2cnn(-c3cccc(C(=O)O)c3)c2c1. The first-order valence-corrected chi connectivity index (χ1v) is 13.1. The molecule has 212 valence electrons. The van der Waals surface area contributed by atoms with Gasteiger partial charge >= 0.3 is 12.1 Å². The van der Waals surface area contributed by atoms with Gasteiger partial charge in [-0.2, -0.15) is 22.6 Å². The van der Waals surface area contributed by atoms with Crippen molar-refractivity contribution in [3.05, 3.63) is 83.8 Å². The largest absolute Gasteiger partial charge is 0.478 e. The molecule has 0 saturated carbocycles. The maximum Gasteiger partial charge on any atom is 0.420 e. The minimum atomic E-state index is -5.24. The Hall–Kier alpha value is -4.01. The number of likely N-dealkylation sites (N-methyl/N-ethyl adjacent to an activating group) is 1. The zero-order chi connectivity index (χ0) is 29.5. The van der Waals surface area contributed by atoms with Crippen LogP contribution in [0.15, 0.2) is 71.8 Å². The van der Waals surface area contributed by atoms with Gasteiger partial charge in [-0.1, -0.05) is 6.07 Å². The van der Waals surface area contributed by atoms with E-state index in [0.717, 1.165) is 31.3 Å². The predicted octanol–water partition coefficient (Wildman–Crippen LogP) is 4.20. The summed E-state index contributed by atoms with van der Waals surface area (Å²) in [5.74, 6) is -1.87. The van der Waals surface area contributed by atoms with E-state index >= 15 is 0 Å². The predicted molar refractivity (Wildman–Crippen MR) is 138 cm³/mol. The highest BCUT2D eigenvalue weighted by atomic mass is 32.2. The Balaban J connectivity index is 1.65. The van der Waals surface area contributed by atoms with Crippen LogP contribution in [0.3, 0.4) is 0 Å². The number of aryl methyl sites for hydroxylation is 1. The maximum atomic E-state index is 14.1. The molecule has 0 aliphatic heterocycles. The van der Waals surface area contributed by atoms with Gasteiger partial charge in [0.1, 0.15) is 5.82 Å². The fourth-order valence-electron chi connectivity index (χ4n) is 4.12. The first-order chi connectivity index (χ1) is 18.6. The molecule has 1 unspecified atom stereocenters. The fourth-order valence-corrected chi connectivity index (χ4v) is 5.34. The van der Waals surface area contributed by atoms with Gasteiger partial charge in [0.25, 0.3) is 0 Å². The van der Waals surface area contributed by atoms with Gasteiger partial charge in [-0.3, -0.25) is 0 Å². The summed E-state index contributed by atoms with van der Waals surface area (Å²) >= 11 is 0. The normalized spacial score (nSPS) is 13.9. The molecule has 9 nitrogen and oxygen atoms in total. The van der Waals surface area contributed by atoms with Crippen molar-refractivity contribution < 1.29 is 41.0 Å². The third-order valence-corrected chi connectivity index (χ3v) is 8.09. The van der Waals surface area contributed by atoms with Gasteiger partial charge in [0, 0.05) is 18.1 Å². The number of aromatic carboxylic acids is 1. The number of aliphatic hydroxyl groups is 1. The van der Waals surface area contributed by atoms with E-state index in [1.807, 2.05) is 0 Å². The summed E-state index contributed by atoms with van der Waals surface area (Å²) < 4.78 is 82.9. The van der Waals surface area contributed by atoms with Crippen LogP contribution in [0.25, 0.3) is 16.6 Å². The smallest absolute Gasteiger partial charge is 0.420 e. The van der Waals surface area contributed by atoms with Crippen molar-refractivity contribution >= 4 is 32.6 Å². The first-order valence-electron chi connectivity index (χ1n) is 11.7. The van der Waals surface area contributed by atoms with Gasteiger partial charge in [0.05, 0.1) is 40.9 Å². The van der Waals surface area contributed by atoms with E-state index in [1.54, 1.807) is 19.1 Å². The number of nitrogens with one attached hydrogen (secondary N) is 1. The van der Waals surface area contributed by atoms with Crippen molar-refractivity contribution in [3.63, 3.8) is 0 Å².